The van der Waals surface area contributed by atoms with Crippen molar-refractivity contribution in [2.75, 3.05) is 38.6 Å². The summed E-state index contributed by atoms with van der Waals surface area (Å²) in [6.07, 6.45) is 1.67. The van der Waals surface area contributed by atoms with E-state index in [-0.39, 0.29) is 5.91 Å². The first kappa shape index (κ1) is 23.8. The second-order valence-electron chi connectivity index (χ2n) is 8.78. The van der Waals surface area contributed by atoms with Crippen LogP contribution in [0, 0.1) is 0 Å². The molecule has 36 heavy (non-hydrogen) atoms. The van der Waals surface area contributed by atoms with E-state index in [4.69, 9.17) is 9.72 Å². The van der Waals surface area contributed by atoms with Gasteiger partial charge in [-0.15, -0.1) is 0 Å². The largest absolute Gasteiger partial charge is 0.491 e. The number of methoxy groups -OCH3 is 1. The molecule has 9 nitrogen and oxygen atoms in total. The number of amides is 1. The van der Waals surface area contributed by atoms with Crippen LogP contribution < -0.4 is 20.9 Å². The molecule has 2 aromatic carbocycles. The van der Waals surface area contributed by atoms with Crippen molar-refractivity contribution in [3.63, 3.8) is 0 Å². The first-order chi connectivity index (χ1) is 17.6. The Bertz CT molecular complexity index is 1360. The van der Waals surface area contributed by atoms with E-state index in [9.17, 15) is 4.79 Å². The molecule has 186 valence electrons. The molecule has 0 aliphatic carbocycles. The zero-order valence-electron chi connectivity index (χ0n) is 20.8. The standard InChI is InChI=1S/C27H31N7O2/c1-4-34(5-2)27(35)23-12-18-6-7-19(13-22(18)32-23)25-28-16-24(36-3)26(33-25)31-21-10-8-17(9-11-21)20-14-29-30-15-20/h6-13,16,20,29-30,32H,4-5,14-15H2,1-3H3,(H,28,31,33). The van der Waals surface area contributed by atoms with Gasteiger partial charge in [-0.3, -0.25) is 15.6 Å². The highest BCUT2D eigenvalue weighted by molar-refractivity contribution is 5.98. The van der Waals surface area contributed by atoms with Crippen molar-refractivity contribution in [2.24, 2.45) is 0 Å². The number of rotatable bonds is 8. The summed E-state index contributed by atoms with van der Waals surface area (Å²) in [5, 5.41) is 4.33. The van der Waals surface area contributed by atoms with Crippen molar-refractivity contribution in [2.45, 2.75) is 19.8 Å². The van der Waals surface area contributed by atoms with Gasteiger partial charge in [0.25, 0.3) is 5.91 Å². The zero-order valence-corrected chi connectivity index (χ0v) is 20.8. The summed E-state index contributed by atoms with van der Waals surface area (Å²) in [4.78, 5) is 27.1. The molecule has 4 N–H and O–H groups in total. The van der Waals surface area contributed by atoms with Gasteiger partial charge in [-0.1, -0.05) is 24.3 Å². The van der Waals surface area contributed by atoms with Crippen molar-refractivity contribution in [3.8, 4) is 17.1 Å². The molecule has 0 unspecified atom stereocenters. The molecule has 3 heterocycles. The first-order valence-electron chi connectivity index (χ1n) is 12.3. The number of H-pyrrole nitrogens is 1. The lowest BCUT2D eigenvalue weighted by molar-refractivity contribution is 0.0768. The van der Waals surface area contributed by atoms with E-state index >= 15 is 0 Å². The van der Waals surface area contributed by atoms with E-state index in [0.717, 1.165) is 35.2 Å². The minimum atomic E-state index is -0.00332. The number of hydrogen-bond donors (Lipinski definition) is 4. The topological polar surface area (TPSA) is 107 Å². The summed E-state index contributed by atoms with van der Waals surface area (Å²) in [6, 6.07) is 16.2. The van der Waals surface area contributed by atoms with Crippen LogP contribution in [0.25, 0.3) is 22.3 Å². The normalized spacial score (nSPS) is 13.8. The van der Waals surface area contributed by atoms with Crippen LogP contribution in [0.2, 0.25) is 0 Å². The molecule has 2 aromatic heterocycles. The van der Waals surface area contributed by atoms with E-state index in [1.54, 1.807) is 18.2 Å². The Hall–Kier alpha value is -3.95. The third kappa shape index (κ3) is 4.75. The second kappa shape index (κ2) is 10.3. The van der Waals surface area contributed by atoms with Crippen LogP contribution >= 0.6 is 0 Å². The highest BCUT2D eigenvalue weighted by Crippen LogP contribution is 2.30. The first-order valence-corrected chi connectivity index (χ1v) is 12.3. The number of carbonyl (C=O) groups excluding carboxylic acids is 1. The van der Waals surface area contributed by atoms with Crippen LogP contribution in [0.3, 0.4) is 0 Å². The molecule has 0 saturated carbocycles. The van der Waals surface area contributed by atoms with Gasteiger partial charge in [0.05, 0.1) is 13.3 Å². The predicted octanol–water partition coefficient (Wildman–Crippen LogP) is 4.05. The molecule has 0 bridgehead atoms. The summed E-state index contributed by atoms with van der Waals surface area (Å²) in [5.74, 6) is 2.16. The summed E-state index contributed by atoms with van der Waals surface area (Å²) < 4.78 is 5.50. The molecule has 4 aromatic rings. The smallest absolute Gasteiger partial charge is 0.270 e. The van der Waals surface area contributed by atoms with E-state index in [1.165, 1.54) is 5.56 Å². The molecule has 0 spiro atoms. The highest BCUT2D eigenvalue weighted by atomic mass is 16.5. The Labute approximate surface area is 210 Å². The van der Waals surface area contributed by atoms with E-state index < -0.39 is 0 Å². The Morgan fingerprint density at radius 2 is 1.83 bits per heavy atom. The zero-order chi connectivity index (χ0) is 25.1. The molecule has 1 fully saturated rings. The van der Waals surface area contributed by atoms with Gasteiger partial charge in [0, 0.05) is 54.3 Å². The molecular weight excluding hydrogens is 454 g/mol. The predicted molar refractivity (Wildman–Crippen MR) is 142 cm³/mol. The Kier molecular flexibility index (Phi) is 6.84. The monoisotopic (exact) mass is 485 g/mol. The second-order valence-corrected chi connectivity index (χ2v) is 8.78. The fraction of sp³-hybridized carbons (Fsp3) is 0.296. The number of benzene rings is 2. The van der Waals surface area contributed by atoms with Gasteiger partial charge < -0.3 is 19.9 Å². The van der Waals surface area contributed by atoms with Crippen molar-refractivity contribution in [3.05, 3.63) is 66.0 Å². The lowest BCUT2D eigenvalue weighted by Crippen LogP contribution is -2.30. The van der Waals surface area contributed by atoms with Gasteiger partial charge in [-0.2, -0.15) is 0 Å². The lowest BCUT2D eigenvalue weighted by Gasteiger charge is -2.17. The molecule has 5 rings (SSSR count). The van der Waals surface area contributed by atoms with E-state index in [1.807, 2.05) is 50.2 Å². The highest BCUT2D eigenvalue weighted by Gasteiger charge is 2.18. The number of hydrazine groups is 1. The van der Waals surface area contributed by atoms with Crippen molar-refractivity contribution < 1.29 is 9.53 Å². The molecule has 0 radical (unpaired) electrons. The van der Waals surface area contributed by atoms with E-state index in [2.05, 4.69) is 38.3 Å². The van der Waals surface area contributed by atoms with Gasteiger partial charge in [0.15, 0.2) is 17.4 Å². The Morgan fingerprint density at radius 1 is 1.08 bits per heavy atom. The van der Waals surface area contributed by atoms with Crippen LogP contribution in [-0.4, -0.2) is 59.0 Å². The van der Waals surface area contributed by atoms with Gasteiger partial charge in [0.2, 0.25) is 0 Å². The van der Waals surface area contributed by atoms with Crippen LogP contribution in [0.1, 0.15) is 35.8 Å². The fourth-order valence-corrected chi connectivity index (χ4v) is 4.49. The number of fused-ring (bicyclic) bond motifs is 1. The summed E-state index contributed by atoms with van der Waals surface area (Å²) in [6.45, 7) is 7.14. The Balaban J connectivity index is 1.40. The molecule has 1 aliphatic rings. The number of ether oxygens (including phenoxy) is 1. The van der Waals surface area contributed by atoms with Crippen LogP contribution in [0.15, 0.2) is 54.7 Å². The quantitative estimate of drug-likeness (QED) is 0.298. The summed E-state index contributed by atoms with van der Waals surface area (Å²) in [5.41, 5.74) is 10.8. The third-order valence-electron chi connectivity index (χ3n) is 6.60. The molecular formula is C27H31N7O2. The maximum absolute atomic E-state index is 12.8. The number of hydrogen-bond acceptors (Lipinski definition) is 7. The van der Waals surface area contributed by atoms with Crippen molar-refractivity contribution >= 4 is 28.3 Å². The number of nitrogens with one attached hydrogen (secondary N) is 4. The molecule has 0 atom stereocenters. The van der Waals surface area contributed by atoms with Gasteiger partial charge >= 0.3 is 0 Å². The van der Waals surface area contributed by atoms with Crippen molar-refractivity contribution in [1.82, 2.24) is 30.7 Å². The van der Waals surface area contributed by atoms with Crippen molar-refractivity contribution in [1.29, 1.82) is 0 Å². The number of anilines is 2. The molecule has 1 aliphatic heterocycles. The van der Waals surface area contributed by atoms with E-state index in [0.29, 0.717) is 42.1 Å². The number of carbonyl (C=O) groups is 1. The maximum atomic E-state index is 12.8. The van der Waals surface area contributed by atoms with Gasteiger partial charge in [-0.25, -0.2) is 9.97 Å². The van der Waals surface area contributed by atoms with Crippen LogP contribution in [0.4, 0.5) is 11.5 Å². The maximum Gasteiger partial charge on any atom is 0.270 e. The Morgan fingerprint density at radius 3 is 2.53 bits per heavy atom. The van der Waals surface area contributed by atoms with Gasteiger partial charge in [-0.05, 0) is 43.7 Å². The summed E-state index contributed by atoms with van der Waals surface area (Å²) >= 11 is 0. The minimum Gasteiger partial charge on any atom is -0.491 e. The fourth-order valence-electron chi connectivity index (χ4n) is 4.49. The third-order valence-corrected chi connectivity index (χ3v) is 6.60. The molecule has 9 heteroatoms. The van der Waals surface area contributed by atoms with Crippen LogP contribution in [0.5, 0.6) is 5.75 Å². The number of aromatic nitrogens is 3. The average molecular weight is 486 g/mol. The SMILES string of the molecule is CCN(CC)C(=O)c1cc2ccc(-c3ncc(OC)c(Nc4ccc(C5CNNC5)cc4)n3)cc2[nH]1. The van der Waals surface area contributed by atoms with Gasteiger partial charge in [0.1, 0.15) is 5.69 Å². The average Bonchev–Trinajstić information content (AvgIpc) is 3.60. The lowest BCUT2D eigenvalue weighted by atomic mass is 10.0. The summed E-state index contributed by atoms with van der Waals surface area (Å²) in [7, 11) is 1.60. The molecule has 1 amide bonds. The number of aromatic amines is 1. The number of nitrogens with zero attached hydrogens (tertiary/aromatic N) is 3. The minimum absolute atomic E-state index is 0.00332. The molecule has 1 saturated heterocycles. The van der Waals surface area contributed by atoms with Crippen LogP contribution in [-0.2, 0) is 0 Å².